The molecule has 0 atom stereocenters. The first kappa shape index (κ1) is 14.4. The van der Waals surface area contributed by atoms with Crippen molar-refractivity contribution in [1.82, 2.24) is 9.97 Å². The van der Waals surface area contributed by atoms with Crippen LogP contribution in [0.2, 0.25) is 0 Å². The fraction of sp³-hybridized carbons (Fsp3) is 0.267. The molecule has 2 heterocycles. The van der Waals surface area contributed by atoms with Crippen LogP contribution < -0.4 is 10.2 Å². The molecule has 7 heteroatoms. The highest BCUT2D eigenvalue weighted by Gasteiger charge is 2.18. The summed E-state index contributed by atoms with van der Waals surface area (Å²) in [6.07, 6.45) is 5.07. The number of anilines is 2. The first-order chi connectivity index (χ1) is 10.6. The van der Waals surface area contributed by atoms with Crippen LogP contribution in [0.15, 0.2) is 30.6 Å². The Morgan fingerprint density at radius 2 is 1.68 bits per heavy atom. The van der Waals surface area contributed by atoms with Crippen molar-refractivity contribution < 1.29 is 13.6 Å². The number of aromatic nitrogens is 2. The lowest BCUT2D eigenvalue weighted by Crippen LogP contribution is -2.21. The third-order valence-electron chi connectivity index (χ3n) is 3.47. The van der Waals surface area contributed by atoms with E-state index in [1.165, 1.54) is 18.5 Å². The standard InChI is InChI=1S/C15H14F2N4O/c16-11-4-3-5-12(17)13(11)14(22)20-10-8-18-15(19-9-10)21-6-1-2-7-21/h3-5,8-9H,1-2,6-7H2,(H,20,22). The number of amides is 1. The van der Waals surface area contributed by atoms with Crippen molar-refractivity contribution in [1.29, 1.82) is 0 Å². The third kappa shape index (κ3) is 2.88. The Labute approximate surface area is 126 Å². The number of nitrogens with one attached hydrogen (secondary N) is 1. The SMILES string of the molecule is O=C(Nc1cnc(N2CCCC2)nc1)c1c(F)cccc1F. The fourth-order valence-corrected chi connectivity index (χ4v) is 2.37. The van der Waals surface area contributed by atoms with Crippen molar-refractivity contribution in [2.24, 2.45) is 0 Å². The molecule has 1 aromatic heterocycles. The third-order valence-corrected chi connectivity index (χ3v) is 3.47. The Kier molecular flexibility index (Phi) is 3.95. The van der Waals surface area contributed by atoms with Crippen LogP contribution in [-0.2, 0) is 0 Å². The van der Waals surface area contributed by atoms with Crippen LogP contribution >= 0.6 is 0 Å². The predicted molar refractivity (Wildman–Crippen MR) is 77.8 cm³/mol. The Balaban J connectivity index is 1.74. The van der Waals surface area contributed by atoms with E-state index in [4.69, 9.17) is 0 Å². The number of hydrogen-bond acceptors (Lipinski definition) is 4. The van der Waals surface area contributed by atoms with Crippen molar-refractivity contribution in [2.45, 2.75) is 12.8 Å². The van der Waals surface area contributed by atoms with E-state index in [2.05, 4.69) is 15.3 Å². The zero-order valence-electron chi connectivity index (χ0n) is 11.7. The lowest BCUT2D eigenvalue weighted by atomic mass is 10.2. The molecule has 1 fully saturated rings. The summed E-state index contributed by atoms with van der Waals surface area (Å²) < 4.78 is 27.1. The Hall–Kier alpha value is -2.57. The number of hydrogen-bond donors (Lipinski definition) is 1. The molecule has 1 saturated heterocycles. The molecule has 0 bridgehead atoms. The zero-order valence-corrected chi connectivity index (χ0v) is 11.7. The van der Waals surface area contributed by atoms with Gasteiger partial charge in [-0.25, -0.2) is 18.7 Å². The van der Waals surface area contributed by atoms with Crippen molar-refractivity contribution >= 4 is 17.5 Å². The Bertz CT molecular complexity index is 664. The van der Waals surface area contributed by atoms with E-state index in [9.17, 15) is 13.6 Å². The molecule has 1 aliphatic rings. The Morgan fingerprint density at radius 1 is 1.09 bits per heavy atom. The lowest BCUT2D eigenvalue weighted by molar-refractivity contribution is 0.101. The summed E-state index contributed by atoms with van der Waals surface area (Å²) in [5, 5.41) is 2.40. The molecule has 2 aromatic rings. The summed E-state index contributed by atoms with van der Waals surface area (Å²) in [4.78, 5) is 22.3. The normalized spacial score (nSPS) is 14.2. The van der Waals surface area contributed by atoms with Gasteiger partial charge < -0.3 is 10.2 Å². The van der Waals surface area contributed by atoms with Crippen molar-refractivity contribution in [3.05, 3.63) is 47.8 Å². The van der Waals surface area contributed by atoms with E-state index in [1.54, 1.807) is 0 Å². The molecule has 1 amide bonds. The van der Waals surface area contributed by atoms with E-state index >= 15 is 0 Å². The molecular formula is C15H14F2N4O. The summed E-state index contributed by atoms with van der Waals surface area (Å²) in [6.45, 7) is 1.82. The van der Waals surface area contributed by atoms with Gasteiger partial charge in [0, 0.05) is 13.1 Å². The maximum atomic E-state index is 13.5. The number of carbonyl (C=O) groups excluding carboxylic acids is 1. The van der Waals surface area contributed by atoms with E-state index in [0.717, 1.165) is 38.1 Å². The quantitative estimate of drug-likeness (QED) is 0.947. The van der Waals surface area contributed by atoms with Crippen LogP contribution in [0.25, 0.3) is 0 Å². The second-order valence-corrected chi connectivity index (χ2v) is 5.02. The molecule has 0 saturated carbocycles. The molecule has 114 valence electrons. The molecule has 3 rings (SSSR count). The summed E-state index contributed by atoms with van der Waals surface area (Å²) in [5.74, 6) is -2.10. The molecule has 5 nitrogen and oxygen atoms in total. The van der Waals surface area contributed by atoms with Crippen LogP contribution in [-0.4, -0.2) is 29.0 Å². The van der Waals surface area contributed by atoms with Crippen molar-refractivity contribution in [2.75, 3.05) is 23.3 Å². The van der Waals surface area contributed by atoms with Gasteiger partial charge in [-0.15, -0.1) is 0 Å². The van der Waals surface area contributed by atoms with Crippen LogP contribution in [0.5, 0.6) is 0 Å². The van der Waals surface area contributed by atoms with Crippen LogP contribution in [0.3, 0.4) is 0 Å². The van der Waals surface area contributed by atoms with Gasteiger partial charge in [0.2, 0.25) is 5.95 Å². The lowest BCUT2D eigenvalue weighted by Gasteiger charge is -2.14. The molecule has 0 spiro atoms. The highest BCUT2D eigenvalue weighted by molar-refractivity contribution is 6.04. The minimum Gasteiger partial charge on any atom is -0.341 e. The van der Waals surface area contributed by atoms with E-state index in [-0.39, 0.29) is 5.69 Å². The molecule has 0 unspecified atom stereocenters. The number of benzene rings is 1. The zero-order chi connectivity index (χ0) is 15.5. The van der Waals surface area contributed by atoms with Crippen LogP contribution in [0, 0.1) is 11.6 Å². The summed E-state index contributed by atoms with van der Waals surface area (Å²) in [7, 11) is 0. The number of nitrogens with zero attached hydrogens (tertiary/aromatic N) is 3. The Morgan fingerprint density at radius 3 is 2.27 bits per heavy atom. The average Bonchev–Trinajstić information content (AvgIpc) is 3.02. The van der Waals surface area contributed by atoms with Gasteiger partial charge in [-0.3, -0.25) is 4.79 Å². The largest absolute Gasteiger partial charge is 0.341 e. The summed E-state index contributed by atoms with van der Waals surface area (Å²) in [6, 6.07) is 3.27. The van der Waals surface area contributed by atoms with Crippen LogP contribution in [0.1, 0.15) is 23.2 Å². The second-order valence-electron chi connectivity index (χ2n) is 5.02. The first-order valence-electron chi connectivity index (χ1n) is 6.97. The van der Waals surface area contributed by atoms with Gasteiger partial charge in [-0.1, -0.05) is 6.07 Å². The van der Waals surface area contributed by atoms with Gasteiger partial charge in [0.05, 0.1) is 18.1 Å². The highest BCUT2D eigenvalue weighted by atomic mass is 19.1. The van der Waals surface area contributed by atoms with Crippen molar-refractivity contribution in [3.8, 4) is 0 Å². The molecule has 1 aliphatic heterocycles. The van der Waals surface area contributed by atoms with Gasteiger partial charge in [0.1, 0.15) is 17.2 Å². The molecule has 1 N–H and O–H groups in total. The average molecular weight is 304 g/mol. The number of halogens is 2. The van der Waals surface area contributed by atoms with E-state index in [1.807, 2.05) is 4.90 Å². The topological polar surface area (TPSA) is 58.1 Å². The van der Waals surface area contributed by atoms with Gasteiger partial charge in [-0.2, -0.15) is 0 Å². The monoisotopic (exact) mass is 304 g/mol. The minimum atomic E-state index is -0.910. The van der Waals surface area contributed by atoms with E-state index < -0.39 is 23.1 Å². The maximum absolute atomic E-state index is 13.5. The van der Waals surface area contributed by atoms with Crippen molar-refractivity contribution in [3.63, 3.8) is 0 Å². The fourth-order valence-electron chi connectivity index (χ4n) is 2.37. The molecule has 1 aromatic carbocycles. The summed E-state index contributed by atoms with van der Waals surface area (Å²) in [5.41, 5.74) is -0.332. The highest BCUT2D eigenvalue weighted by Crippen LogP contribution is 2.18. The minimum absolute atomic E-state index is 0.288. The smallest absolute Gasteiger partial charge is 0.261 e. The number of rotatable bonds is 3. The van der Waals surface area contributed by atoms with Gasteiger partial charge in [0.15, 0.2) is 0 Å². The first-order valence-corrected chi connectivity index (χ1v) is 6.97. The van der Waals surface area contributed by atoms with Crippen LogP contribution in [0.4, 0.5) is 20.4 Å². The van der Waals surface area contributed by atoms with Gasteiger partial charge in [-0.05, 0) is 25.0 Å². The van der Waals surface area contributed by atoms with E-state index in [0.29, 0.717) is 5.95 Å². The molecular weight excluding hydrogens is 290 g/mol. The summed E-state index contributed by atoms with van der Waals surface area (Å²) >= 11 is 0. The molecule has 22 heavy (non-hydrogen) atoms. The molecule has 0 radical (unpaired) electrons. The van der Waals surface area contributed by atoms with Gasteiger partial charge >= 0.3 is 0 Å². The van der Waals surface area contributed by atoms with Gasteiger partial charge in [0.25, 0.3) is 5.91 Å². The second kappa shape index (κ2) is 6.05. The maximum Gasteiger partial charge on any atom is 0.261 e. The predicted octanol–water partition coefficient (Wildman–Crippen LogP) is 2.61. The number of carbonyl (C=O) groups is 1. The molecule has 0 aliphatic carbocycles.